The second-order valence-corrected chi connectivity index (χ2v) is 9.40. The van der Waals surface area contributed by atoms with Crippen molar-refractivity contribution < 1.29 is 4.79 Å². The topological polar surface area (TPSA) is 67.2 Å². The Balaban J connectivity index is 1.18. The molecule has 1 saturated carbocycles. The van der Waals surface area contributed by atoms with Gasteiger partial charge >= 0.3 is 0 Å². The third kappa shape index (κ3) is 4.31. The summed E-state index contributed by atoms with van der Waals surface area (Å²) in [4.78, 5) is 27.1. The van der Waals surface area contributed by atoms with Gasteiger partial charge in [-0.3, -0.25) is 19.4 Å². The number of piperazine rings is 1. The second-order valence-electron chi connectivity index (χ2n) is 9.40. The molecule has 2 fully saturated rings. The van der Waals surface area contributed by atoms with Crippen LogP contribution in [0.4, 0.5) is 5.82 Å². The highest BCUT2D eigenvalue weighted by Gasteiger charge is 2.31. The highest BCUT2D eigenvalue weighted by molar-refractivity contribution is 5.98. The van der Waals surface area contributed by atoms with E-state index >= 15 is 0 Å². The Kier molecular flexibility index (Phi) is 5.34. The molecule has 7 nitrogen and oxygen atoms in total. The van der Waals surface area contributed by atoms with Gasteiger partial charge in [0.1, 0.15) is 5.82 Å². The summed E-state index contributed by atoms with van der Waals surface area (Å²) >= 11 is 0. The van der Waals surface area contributed by atoms with Crippen LogP contribution in [-0.4, -0.2) is 62.7 Å². The number of carbonyl (C=O) groups excluding carboxylic acids is 1. The minimum Gasteiger partial charge on any atom is -0.354 e. The molecule has 3 aromatic heterocycles. The maximum atomic E-state index is 13.1. The first-order chi connectivity index (χ1) is 16.6. The number of hydrogen-bond donors (Lipinski definition) is 0. The predicted octanol–water partition coefficient (Wildman–Crippen LogP) is 3.74. The van der Waals surface area contributed by atoms with E-state index in [2.05, 4.69) is 43.1 Å². The third-order valence-corrected chi connectivity index (χ3v) is 6.93. The van der Waals surface area contributed by atoms with E-state index in [4.69, 9.17) is 0 Å². The van der Waals surface area contributed by atoms with Crippen molar-refractivity contribution in [3.05, 3.63) is 72.4 Å². The number of Topliss-reactive ketones (excluding diaryl/α,β-unsaturated/α-hetero) is 1. The first kappa shape index (κ1) is 21.0. The third-order valence-electron chi connectivity index (χ3n) is 6.93. The summed E-state index contributed by atoms with van der Waals surface area (Å²) in [6.45, 7) is 4.08. The standard InChI is InChI=1S/C27H28N6O/c1-31-18-23(17-30-31)19-2-3-21-16-29-24(13-22(21)12-19)15-26(34)20-6-7-28-27(14-20)33-10-8-32(9-11-33)25-4-5-25/h2-3,6-7,12-14,16-18,25H,4-5,8-11,15H2,1H3. The number of rotatable bonds is 6. The number of pyridine rings is 2. The van der Waals surface area contributed by atoms with Crippen LogP contribution < -0.4 is 4.90 Å². The van der Waals surface area contributed by atoms with Gasteiger partial charge in [0.25, 0.3) is 0 Å². The van der Waals surface area contributed by atoms with Gasteiger partial charge < -0.3 is 4.90 Å². The zero-order chi connectivity index (χ0) is 23.1. The normalized spacial score (nSPS) is 16.8. The molecular weight excluding hydrogens is 424 g/mol. The molecule has 0 atom stereocenters. The average Bonchev–Trinajstić information content (AvgIpc) is 3.64. The molecule has 7 heteroatoms. The smallest absolute Gasteiger partial charge is 0.169 e. The van der Waals surface area contributed by atoms with Gasteiger partial charge in [-0.25, -0.2) is 4.98 Å². The summed E-state index contributed by atoms with van der Waals surface area (Å²) in [5, 5.41) is 6.40. The van der Waals surface area contributed by atoms with Crippen LogP contribution in [0, 0.1) is 0 Å². The van der Waals surface area contributed by atoms with Crippen LogP contribution in [0.2, 0.25) is 0 Å². The van der Waals surface area contributed by atoms with E-state index in [9.17, 15) is 4.79 Å². The lowest BCUT2D eigenvalue weighted by atomic mass is 10.0. The zero-order valence-electron chi connectivity index (χ0n) is 19.4. The Bertz CT molecular complexity index is 1350. The van der Waals surface area contributed by atoms with Gasteiger partial charge in [0.2, 0.25) is 0 Å². The molecule has 1 aliphatic heterocycles. The summed E-state index contributed by atoms with van der Waals surface area (Å²) < 4.78 is 1.80. The summed E-state index contributed by atoms with van der Waals surface area (Å²) in [5.41, 5.74) is 3.64. The largest absolute Gasteiger partial charge is 0.354 e. The molecule has 1 aliphatic carbocycles. The van der Waals surface area contributed by atoms with Crippen LogP contribution in [0.1, 0.15) is 28.9 Å². The van der Waals surface area contributed by atoms with E-state index in [0.29, 0.717) is 5.56 Å². The predicted molar refractivity (Wildman–Crippen MR) is 133 cm³/mol. The fraction of sp³-hybridized carbons (Fsp3) is 0.333. The van der Waals surface area contributed by atoms with Crippen molar-refractivity contribution in [2.24, 2.45) is 7.05 Å². The summed E-state index contributed by atoms with van der Waals surface area (Å²) in [6.07, 6.45) is 10.4. The van der Waals surface area contributed by atoms with Crippen LogP contribution in [0.5, 0.6) is 0 Å². The molecule has 6 rings (SSSR count). The number of aromatic nitrogens is 4. The Morgan fingerprint density at radius 2 is 1.79 bits per heavy atom. The van der Waals surface area contributed by atoms with Gasteiger partial charge in [-0.05, 0) is 48.1 Å². The molecule has 0 N–H and O–H groups in total. The highest BCUT2D eigenvalue weighted by atomic mass is 16.1. The average molecular weight is 453 g/mol. The number of nitrogens with zero attached hydrogens (tertiary/aromatic N) is 6. The lowest BCUT2D eigenvalue weighted by Gasteiger charge is -2.35. The van der Waals surface area contributed by atoms with Crippen molar-refractivity contribution in [3.63, 3.8) is 0 Å². The van der Waals surface area contributed by atoms with Crippen LogP contribution in [0.3, 0.4) is 0 Å². The molecule has 34 heavy (non-hydrogen) atoms. The minimum atomic E-state index is 0.0653. The maximum Gasteiger partial charge on any atom is 0.169 e. The summed E-state index contributed by atoms with van der Waals surface area (Å²) in [6, 6.07) is 12.9. The molecule has 2 aliphatic rings. The van der Waals surface area contributed by atoms with E-state index in [1.165, 1.54) is 12.8 Å². The number of hydrogen-bond acceptors (Lipinski definition) is 6. The van der Waals surface area contributed by atoms with E-state index < -0.39 is 0 Å². The summed E-state index contributed by atoms with van der Waals surface area (Å²) in [5.74, 6) is 0.962. The monoisotopic (exact) mass is 452 g/mol. The maximum absolute atomic E-state index is 13.1. The Labute approximate surface area is 199 Å². The first-order valence-corrected chi connectivity index (χ1v) is 12.0. The van der Waals surface area contributed by atoms with Crippen molar-refractivity contribution in [2.45, 2.75) is 25.3 Å². The SMILES string of the molecule is Cn1cc(-c2ccc3cnc(CC(=O)c4ccnc(N5CCN(C6CC6)CC5)c4)cc3c2)cn1. The Morgan fingerprint density at radius 1 is 0.941 bits per heavy atom. The Hall–Kier alpha value is -3.58. The molecular formula is C27H28N6O. The fourth-order valence-electron chi connectivity index (χ4n) is 4.82. The van der Waals surface area contributed by atoms with Gasteiger partial charge in [0, 0.05) is 80.1 Å². The number of ketones is 1. The van der Waals surface area contributed by atoms with Crippen molar-refractivity contribution in [1.82, 2.24) is 24.6 Å². The molecule has 1 saturated heterocycles. The van der Waals surface area contributed by atoms with Crippen molar-refractivity contribution in [2.75, 3.05) is 31.1 Å². The molecule has 0 amide bonds. The Morgan fingerprint density at radius 3 is 2.56 bits per heavy atom. The lowest BCUT2D eigenvalue weighted by molar-refractivity contribution is 0.0992. The van der Waals surface area contributed by atoms with Crippen LogP contribution in [0.15, 0.2) is 61.2 Å². The quantitative estimate of drug-likeness (QED) is 0.415. The van der Waals surface area contributed by atoms with E-state index in [1.807, 2.05) is 43.8 Å². The molecule has 1 aromatic carbocycles. The van der Waals surface area contributed by atoms with Crippen molar-refractivity contribution in [3.8, 4) is 11.1 Å². The van der Waals surface area contributed by atoms with Crippen LogP contribution in [-0.2, 0) is 13.5 Å². The molecule has 0 spiro atoms. The van der Waals surface area contributed by atoms with Crippen LogP contribution >= 0.6 is 0 Å². The number of fused-ring (bicyclic) bond motifs is 1. The van der Waals surface area contributed by atoms with E-state index in [-0.39, 0.29) is 12.2 Å². The second kappa shape index (κ2) is 8.65. The molecule has 4 aromatic rings. The van der Waals surface area contributed by atoms with Gasteiger partial charge in [0.05, 0.1) is 12.6 Å². The number of benzene rings is 1. The molecule has 0 unspecified atom stereocenters. The van der Waals surface area contributed by atoms with Gasteiger partial charge in [-0.1, -0.05) is 12.1 Å². The number of carbonyl (C=O) groups is 1. The molecule has 4 heterocycles. The van der Waals surface area contributed by atoms with Crippen molar-refractivity contribution in [1.29, 1.82) is 0 Å². The van der Waals surface area contributed by atoms with Crippen LogP contribution in [0.25, 0.3) is 21.9 Å². The number of aryl methyl sites for hydroxylation is 1. The number of anilines is 1. The first-order valence-electron chi connectivity index (χ1n) is 12.0. The van der Waals surface area contributed by atoms with Crippen molar-refractivity contribution >= 4 is 22.4 Å². The highest BCUT2D eigenvalue weighted by Crippen LogP contribution is 2.28. The van der Waals surface area contributed by atoms with E-state index in [1.54, 1.807) is 10.9 Å². The molecule has 172 valence electrons. The molecule has 0 bridgehead atoms. The van der Waals surface area contributed by atoms with Gasteiger partial charge in [0.15, 0.2) is 5.78 Å². The van der Waals surface area contributed by atoms with E-state index in [0.717, 1.165) is 65.6 Å². The van der Waals surface area contributed by atoms with Gasteiger partial charge in [-0.2, -0.15) is 5.10 Å². The minimum absolute atomic E-state index is 0.0653. The molecule has 0 radical (unpaired) electrons. The van der Waals surface area contributed by atoms with Gasteiger partial charge in [-0.15, -0.1) is 0 Å². The lowest BCUT2D eigenvalue weighted by Crippen LogP contribution is -2.47. The zero-order valence-corrected chi connectivity index (χ0v) is 19.4. The summed E-state index contributed by atoms with van der Waals surface area (Å²) in [7, 11) is 1.91. The fourth-order valence-corrected chi connectivity index (χ4v) is 4.82.